The molecule has 1 amide bonds. The van der Waals surface area contributed by atoms with Crippen molar-refractivity contribution in [3.63, 3.8) is 0 Å². The second-order valence-electron chi connectivity index (χ2n) is 9.72. The van der Waals surface area contributed by atoms with Gasteiger partial charge in [-0.05, 0) is 54.5 Å². The summed E-state index contributed by atoms with van der Waals surface area (Å²) in [6.07, 6.45) is 2.95. The Labute approximate surface area is 198 Å². The Balaban J connectivity index is 1.24. The van der Waals surface area contributed by atoms with Gasteiger partial charge >= 0.3 is 0 Å². The van der Waals surface area contributed by atoms with Crippen LogP contribution in [0.4, 0.5) is 0 Å². The summed E-state index contributed by atoms with van der Waals surface area (Å²) in [7, 11) is 0. The van der Waals surface area contributed by atoms with E-state index in [2.05, 4.69) is 82.6 Å². The van der Waals surface area contributed by atoms with E-state index in [9.17, 15) is 4.79 Å². The molecule has 2 heterocycles. The van der Waals surface area contributed by atoms with Crippen LogP contribution in [-0.4, -0.2) is 48.4 Å². The molecule has 3 heteroatoms. The summed E-state index contributed by atoms with van der Waals surface area (Å²) in [6, 6.07) is 31.9. The molecule has 2 aliphatic heterocycles. The molecule has 1 unspecified atom stereocenters. The van der Waals surface area contributed by atoms with Crippen molar-refractivity contribution in [1.82, 2.24) is 9.80 Å². The summed E-state index contributed by atoms with van der Waals surface area (Å²) in [5.74, 6) is 1.84. The van der Waals surface area contributed by atoms with E-state index in [1.165, 1.54) is 24.0 Å². The second-order valence-corrected chi connectivity index (χ2v) is 9.72. The first-order chi connectivity index (χ1) is 16.3. The van der Waals surface area contributed by atoms with Gasteiger partial charge in [0.25, 0.3) is 0 Å². The van der Waals surface area contributed by atoms with Crippen molar-refractivity contribution in [2.45, 2.75) is 31.1 Å². The van der Waals surface area contributed by atoms with Crippen LogP contribution in [0.2, 0.25) is 0 Å². The van der Waals surface area contributed by atoms with Gasteiger partial charge in [-0.2, -0.15) is 0 Å². The zero-order valence-electron chi connectivity index (χ0n) is 19.4. The Kier molecular flexibility index (Phi) is 6.87. The molecule has 0 radical (unpaired) electrons. The number of likely N-dealkylation sites (tertiary alicyclic amines) is 2. The van der Waals surface area contributed by atoms with Crippen molar-refractivity contribution in [2.75, 3.05) is 32.7 Å². The van der Waals surface area contributed by atoms with Crippen LogP contribution in [0.3, 0.4) is 0 Å². The Hall–Kier alpha value is -2.91. The van der Waals surface area contributed by atoms with Crippen LogP contribution in [0.1, 0.15) is 41.4 Å². The van der Waals surface area contributed by atoms with Crippen LogP contribution < -0.4 is 0 Å². The molecule has 3 nitrogen and oxygen atoms in total. The maximum atomic E-state index is 13.1. The van der Waals surface area contributed by atoms with E-state index >= 15 is 0 Å². The number of piperidine rings is 1. The Morgan fingerprint density at radius 1 is 0.727 bits per heavy atom. The minimum atomic E-state index is 0.257. The van der Waals surface area contributed by atoms with Crippen LogP contribution in [0.25, 0.3) is 0 Å². The van der Waals surface area contributed by atoms with Gasteiger partial charge in [0, 0.05) is 25.6 Å². The molecule has 170 valence electrons. The summed E-state index contributed by atoms with van der Waals surface area (Å²) < 4.78 is 0. The van der Waals surface area contributed by atoms with Gasteiger partial charge in [0.15, 0.2) is 0 Å². The number of benzene rings is 3. The fraction of sp³-hybridized carbons (Fsp3) is 0.367. The predicted molar refractivity (Wildman–Crippen MR) is 134 cm³/mol. The van der Waals surface area contributed by atoms with Gasteiger partial charge in [0.1, 0.15) is 0 Å². The van der Waals surface area contributed by atoms with Crippen LogP contribution >= 0.6 is 0 Å². The zero-order valence-corrected chi connectivity index (χ0v) is 19.4. The average molecular weight is 439 g/mol. The van der Waals surface area contributed by atoms with Crippen molar-refractivity contribution in [1.29, 1.82) is 0 Å². The maximum absolute atomic E-state index is 13.1. The first-order valence-corrected chi connectivity index (χ1v) is 12.4. The molecule has 2 saturated heterocycles. The SMILES string of the molecule is O=C(Cc1ccccc1)N1CC(c2ccccc2)[C@@H](CN2CCC(c3ccccc3)CC2)C1. The number of hydrogen-bond donors (Lipinski definition) is 0. The predicted octanol–water partition coefficient (Wildman–Crippen LogP) is 5.35. The third-order valence-electron chi connectivity index (χ3n) is 7.57. The Bertz CT molecular complexity index is 1010. The number of nitrogens with zero attached hydrogens (tertiary/aromatic N) is 2. The molecule has 0 aliphatic carbocycles. The molecule has 0 saturated carbocycles. The minimum absolute atomic E-state index is 0.257. The standard InChI is InChI=1S/C30H34N2O/c33-30(20-24-10-4-1-5-11-24)32-22-28(29(23-32)27-14-8-3-9-15-27)21-31-18-16-26(17-19-31)25-12-6-2-7-13-25/h1-15,26,28-29H,16-23H2/t28-,29?/m0/s1. The van der Waals surface area contributed by atoms with Crippen molar-refractivity contribution in [3.05, 3.63) is 108 Å². The van der Waals surface area contributed by atoms with Gasteiger partial charge in [0.05, 0.1) is 6.42 Å². The third kappa shape index (κ3) is 5.36. The molecule has 2 fully saturated rings. The molecule has 0 bridgehead atoms. The topological polar surface area (TPSA) is 23.6 Å². The lowest BCUT2D eigenvalue weighted by Gasteiger charge is -2.34. The summed E-state index contributed by atoms with van der Waals surface area (Å²) in [5, 5.41) is 0. The zero-order chi connectivity index (χ0) is 22.5. The second kappa shape index (κ2) is 10.4. The number of amides is 1. The van der Waals surface area contributed by atoms with E-state index in [4.69, 9.17) is 0 Å². The van der Waals surface area contributed by atoms with Crippen LogP contribution in [0, 0.1) is 5.92 Å². The van der Waals surface area contributed by atoms with Gasteiger partial charge in [0.2, 0.25) is 5.91 Å². The van der Waals surface area contributed by atoms with Crippen LogP contribution in [-0.2, 0) is 11.2 Å². The minimum Gasteiger partial charge on any atom is -0.341 e. The lowest BCUT2D eigenvalue weighted by atomic mass is 9.86. The number of rotatable bonds is 6. The highest BCUT2D eigenvalue weighted by molar-refractivity contribution is 5.79. The number of carbonyl (C=O) groups excluding carboxylic acids is 1. The summed E-state index contributed by atoms with van der Waals surface area (Å²) in [4.78, 5) is 17.9. The Morgan fingerprint density at radius 2 is 1.30 bits per heavy atom. The molecule has 2 atom stereocenters. The first kappa shape index (κ1) is 21.9. The molecule has 0 spiro atoms. The molecule has 5 rings (SSSR count). The average Bonchev–Trinajstić information content (AvgIpc) is 3.30. The molecule has 33 heavy (non-hydrogen) atoms. The quantitative estimate of drug-likeness (QED) is 0.518. The van der Waals surface area contributed by atoms with E-state index in [0.29, 0.717) is 24.2 Å². The highest BCUT2D eigenvalue weighted by Gasteiger charge is 2.37. The molecule has 3 aromatic carbocycles. The van der Waals surface area contributed by atoms with Crippen LogP contribution in [0.15, 0.2) is 91.0 Å². The van der Waals surface area contributed by atoms with E-state index < -0.39 is 0 Å². The van der Waals surface area contributed by atoms with Gasteiger partial charge in [-0.25, -0.2) is 0 Å². The molecule has 0 aromatic heterocycles. The van der Waals surface area contributed by atoms with Crippen molar-refractivity contribution >= 4 is 5.91 Å². The highest BCUT2D eigenvalue weighted by Crippen LogP contribution is 2.35. The normalized spacial score (nSPS) is 21.9. The Morgan fingerprint density at radius 3 is 1.94 bits per heavy atom. The summed E-state index contributed by atoms with van der Waals surface area (Å²) in [6.45, 7) is 5.08. The highest BCUT2D eigenvalue weighted by atomic mass is 16.2. The molecular formula is C30H34N2O. The van der Waals surface area contributed by atoms with Crippen molar-refractivity contribution < 1.29 is 4.79 Å². The summed E-state index contributed by atoms with van der Waals surface area (Å²) >= 11 is 0. The van der Waals surface area contributed by atoms with Gasteiger partial charge in [-0.15, -0.1) is 0 Å². The largest absolute Gasteiger partial charge is 0.341 e. The molecule has 3 aromatic rings. The lowest BCUT2D eigenvalue weighted by Crippen LogP contribution is -2.38. The number of hydrogen-bond acceptors (Lipinski definition) is 2. The van der Waals surface area contributed by atoms with E-state index in [-0.39, 0.29) is 5.91 Å². The monoisotopic (exact) mass is 438 g/mol. The van der Waals surface area contributed by atoms with Gasteiger partial charge < -0.3 is 9.80 Å². The smallest absolute Gasteiger partial charge is 0.227 e. The van der Waals surface area contributed by atoms with E-state index in [1.807, 2.05) is 18.2 Å². The fourth-order valence-corrected chi connectivity index (χ4v) is 5.73. The molecule has 2 aliphatic rings. The summed E-state index contributed by atoms with van der Waals surface area (Å²) in [5.41, 5.74) is 3.96. The maximum Gasteiger partial charge on any atom is 0.227 e. The van der Waals surface area contributed by atoms with Crippen molar-refractivity contribution in [2.24, 2.45) is 5.92 Å². The third-order valence-corrected chi connectivity index (χ3v) is 7.57. The van der Waals surface area contributed by atoms with Crippen LogP contribution in [0.5, 0.6) is 0 Å². The molecule has 0 N–H and O–H groups in total. The number of carbonyl (C=O) groups is 1. The van der Waals surface area contributed by atoms with E-state index in [0.717, 1.165) is 38.3 Å². The van der Waals surface area contributed by atoms with E-state index in [1.54, 1.807) is 0 Å². The lowest BCUT2D eigenvalue weighted by molar-refractivity contribution is -0.129. The molecular weight excluding hydrogens is 404 g/mol. The van der Waals surface area contributed by atoms with Gasteiger partial charge in [-0.3, -0.25) is 4.79 Å². The fourth-order valence-electron chi connectivity index (χ4n) is 5.73. The first-order valence-electron chi connectivity index (χ1n) is 12.4. The van der Waals surface area contributed by atoms with Gasteiger partial charge in [-0.1, -0.05) is 91.0 Å². The van der Waals surface area contributed by atoms with Crippen molar-refractivity contribution in [3.8, 4) is 0 Å².